The fraction of sp³-hybridized carbons (Fsp3) is 0.407. The zero-order valence-corrected chi connectivity index (χ0v) is 21.7. The molecule has 1 N–H and O–H groups in total. The molecule has 186 valence electrons. The van der Waals surface area contributed by atoms with Crippen LogP contribution in [0.3, 0.4) is 0 Å². The third-order valence-electron chi connectivity index (χ3n) is 7.13. The molecule has 1 aliphatic heterocycles. The summed E-state index contributed by atoms with van der Waals surface area (Å²) in [5.41, 5.74) is 5.79. The van der Waals surface area contributed by atoms with E-state index in [-0.39, 0.29) is 11.8 Å². The molecule has 0 spiro atoms. The number of nitrogens with one attached hydrogen (secondary N) is 1. The number of nitrogens with zero attached hydrogens (tertiary/aromatic N) is 3. The van der Waals surface area contributed by atoms with Crippen molar-refractivity contribution in [2.45, 2.75) is 58.5 Å². The Balaban J connectivity index is 1.32. The maximum Gasteiger partial charge on any atom is 0.243 e. The lowest BCUT2D eigenvalue weighted by Gasteiger charge is -2.31. The number of hydrogen-bond acceptors (Lipinski definition) is 4. The van der Waals surface area contributed by atoms with Crippen LogP contribution in [0, 0.1) is 33.6 Å². The lowest BCUT2D eigenvalue weighted by Crippen LogP contribution is -2.43. The quantitative estimate of drug-likeness (QED) is 0.540. The van der Waals surface area contributed by atoms with E-state index in [9.17, 15) is 13.2 Å². The molecule has 0 radical (unpaired) electrons. The molecule has 2 heterocycles. The molecule has 0 atom stereocenters. The molecule has 4 rings (SSSR count). The molecular formula is C27H34N4O3S. The van der Waals surface area contributed by atoms with Crippen molar-refractivity contribution in [3.05, 3.63) is 82.4 Å². The third-order valence-corrected chi connectivity index (χ3v) is 9.31. The highest BCUT2D eigenvalue weighted by Crippen LogP contribution is 2.31. The number of sulfonamides is 1. The van der Waals surface area contributed by atoms with Crippen LogP contribution in [0.4, 0.5) is 0 Å². The van der Waals surface area contributed by atoms with Gasteiger partial charge in [0.2, 0.25) is 15.9 Å². The maximum absolute atomic E-state index is 13.5. The van der Waals surface area contributed by atoms with E-state index >= 15 is 0 Å². The smallest absolute Gasteiger partial charge is 0.243 e. The molecule has 35 heavy (non-hydrogen) atoms. The summed E-state index contributed by atoms with van der Waals surface area (Å²) < 4.78 is 30.5. The summed E-state index contributed by atoms with van der Waals surface area (Å²) in [4.78, 5) is 17.3. The highest BCUT2D eigenvalue weighted by Gasteiger charge is 2.34. The molecule has 1 fully saturated rings. The summed E-state index contributed by atoms with van der Waals surface area (Å²) in [6.45, 7) is 9.58. The minimum absolute atomic E-state index is 0.0108. The summed E-state index contributed by atoms with van der Waals surface area (Å²) in [7, 11) is -3.60. The number of aromatic nitrogens is 2. The Hall–Kier alpha value is -2.97. The molecule has 0 bridgehead atoms. The van der Waals surface area contributed by atoms with Gasteiger partial charge in [0.05, 0.1) is 11.2 Å². The van der Waals surface area contributed by atoms with Crippen molar-refractivity contribution in [1.29, 1.82) is 0 Å². The van der Waals surface area contributed by atoms with Crippen molar-refractivity contribution in [3.63, 3.8) is 0 Å². The van der Waals surface area contributed by atoms with Crippen molar-refractivity contribution in [2.75, 3.05) is 13.1 Å². The van der Waals surface area contributed by atoms with Crippen LogP contribution in [0.1, 0.15) is 46.2 Å². The first-order valence-corrected chi connectivity index (χ1v) is 13.5. The Morgan fingerprint density at radius 2 is 1.60 bits per heavy atom. The van der Waals surface area contributed by atoms with Gasteiger partial charge in [0.15, 0.2) is 0 Å². The van der Waals surface area contributed by atoms with Crippen LogP contribution in [0.15, 0.2) is 53.9 Å². The molecule has 0 unspecified atom stereocenters. The Morgan fingerprint density at radius 3 is 2.17 bits per heavy atom. The fourth-order valence-electron chi connectivity index (χ4n) is 4.74. The lowest BCUT2D eigenvalue weighted by molar-refractivity contribution is -0.126. The van der Waals surface area contributed by atoms with Gasteiger partial charge in [-0.3, -0.25) is 4.79 Å². The first kappa shape index (κ1) is 25.1. The summed E-state index contributed by atoms with van der Waals surface area (Å²) >= 11 is 0. The summed E-state index contributed by atoms with van der Waals surface area (Å²) in [5.74, 6) is -0.188. The predicted octanol–water partition coefficient (Wildman–Crippen LogP) is 3.88. The van der Waals surface area contributed by atoms with E-state index in [2.05, 4.69) is 22.4 Å². The van der Waals surface area contributed by atoms with E-state index in [4.69, 9.17) is 0 Å². The summed E-state index contributed by atoms with van der Waals surface area (Å²) in [5, 5.41) is 3.03. The van der Waals surface area contributed by atoms with E-state index < -0.39 is 10.0 Å². The zero-order valence-electron chi connectivity index (χ0n) is 20.9. The van der Waals surface area contributed by atoms with Crippen LogP contribution < -0.4 is 5.32 Å². The SMILES string of the molecule is Cc1cc(C)c(C)c(S(=O)(=O)N2CCC(C(=O)NCc3ccc(Cn4ccnc4)cc3)CC2)c1C. The van der Waals surface area contributed by atoms with Crippen molar-refractivity contribution in [1.82, 2.24) is 19.2 Å². The molecule has 8 heteroatoms. The first-order valence-electron chi connectivity index (χ1n) is 12.1. The minimum atomic E-state index is -3.60. The first-order chi connectivity index (χ1) is 16.7. The average molecular weight is 495 g/mol. The van der Waals surface area contributed by atoms with Gasteiger partial charge in [0.25, 0.3) is 0 Å². The molecular weight excluding hydrogens is 460 g/mol. The highest BCUT2D eigenvalue weighted by atomic mass is 32.2. The molecule has 1 aliphatic rings. The Labute approximate surface area is 208 Å². The molecule has 1 amide bonds. The zero-order chi connectivity index (χ0) is 25.2. The second-order valence-electron chi connectivity index (χ2n) is 9.54. The number of hydrogen-bond donors (Lipinski definition) is 1. The van der Waals surface area contributed by atoms with Gasteiger partial charge in [-0.2, -0.15) is 4.31 Å². The van der Waals surface area contributed by atoms with Gasteiger partial charge in [-0.25, -0.2) is 13.4 Å². The van der Waals surface area contributed by atoms with E-state index in [0.717, 1.165) is 34.4 Å². The van der Waals surface area contributed by atoms with Crippen LogP contribution >= 0.6 is 0 Å². The summed E-state index contributed by atoms with van der Waals surface area (Å²) in [6.07, 6.45) is 6.52. The third kappa shape index (κ3) is 5.49. The number of benzene rings is 2. The lowest BCUT2D eigenvalue weighted by atomic mass is 9.97. The molecule has 2 aromatic carbocycles. The molecule has 1 saturated heterocycles. The van der Waals surface area contributed by atoms with Crippen molar-refractivity contribution in [3.8, 4) is 0 Å². The maximum atomic E-state index is 13.5. The molecule has 1 aromatic heterocycles. The Kier molecular flexibility index (Phi) is 7.42. The topological polar surface area (TPSA) is 84.3 Å². The van der Waals surface area contributed by atoms with Gasteiger partial charge in [-0.05, 0) is 73.9 Å². The molecule has 3 aromatic rings. The number of amides is 1. The van der Waals surface area contributed by atoms with Crippen molar-refractivity contribution < 1.29 is 13.2 Å². The van der Waals surface area contributed by atoms with Crippen LogP contribution in [0.25, 0.3) is 0 Å². The van der Waals surface area contributed by atoms with E-state index in [1.807, 2.05) is 56.7 Å². The van der Waals surface area contributed by atoms with Gasteiger partial charge >= 0.3 is 0 Å². The largest absolute Gasteiger partial charge is 0.352 e. The number of aryl methyl sites for hydroxylation is 2. The Morgan fingerprint density at radius 1 is 1.00 bits per heavy atom. The van der Waals surface area contributed by atoms with Crippen LogP contribution in [0.5, 0.6) is 0 Å². The monoisotopic (exact) mass is 494 g/mol. The van der Waals surface area contributed by atoms with E-state index in [0.29, 0.717) is 37.4 Å². The number of carbonyl (C=O) groups excluding carboxylic acids is 1. The number of piperidine rings is 1. The number of carbonyl (C=O) groups is 1. The van der Waals surface area contributed by atoms with Gasteiger partial charge in [0, 0.05) is 44.5 Å². The van der Waals surface area contributed by atoms with E-state index in [1.54, 1.807) is 16.8 Å². The molecule has 0 aliphatic carbocycles. The average Bonchev–Trinajstić information content (AvgIpc) is 3.35. The van der Waals surface area contributed by atoms with E-state index in [1.165, 1.54) is 5.56 Å². The normalized spacial score (nSPS) is 15.3. The van der Waals surface area contributed by atoms with Gasteiger partial charge < -0.3 is 9.88 Å². The summed E-state index contributed by atoms with van der Waals surface area (Å²) in [6, 6.07) is 10.2. The van der Waals surface area contributed by atoms with Crippen molar-refractivity contribution in [2.24, 2.45) is 5.92 Å². The fourth-order valence-corrected chi connectivity index (χ4v) is 6.79. The van der Waals surface area contributed by atoms with Crippen LogP contribution in [0.2, 0.25) is 0 Å². The Bertz CT molecular complexity index is 1260. The molecule has 7 nitrogen and oxygen atoms in total. The number of imidazole rings is 1. The molecule has 0 saturated carbocycles. The van der Waals surface area contributed by atoms with Crippen molar-refractivity contribution >= 4 is 15.9 Å². The standard InChI is InChI=1S/C27H34N4O3S/c1-19-15-20(2)22(4)26(21(19)3)35(33,34)31-12-9-25(10-13-31)27(32)29-16-23-5-7-24(8-6-23)17-30-14-11-28-18-30/h5-8,11,14-15,18,25H,9-10,12-13,16-17H2,1-4H3,(H,29,32). The second-order valence-corrected chi connectivity index (χ2v) is 11.4. The second kappa shape index (κ2) is 10.3. The minimum Gasteiger partial charge on any atom is -0.352 e. The van der Waals surface area contributed by atoms with Crippen LogP contribution in [-0.2, 0) is 27.9 Å². The number of rotatable bonds is 7. The van der Waals surface area contributed by atoms with Gasteiger partial charge in [-0.1, -0.05) is 30.3 Å². The van der Waals surface area contributed by atoms with Crippen LogP contribution in [-0.4, -0.2) is 41.3 Å². The van der Waals surface area contributed by atoms with Gasteiger partial charge in [0.1, 0.15) is 0 Å². The predicted molar refractivity (Wildman–Crippen MR) is 136 cm³/mol. The van der Waals surface area contributed by atoms with Gasteiger partial charge in [-0.15, -0.1) is 0 Å². The highest BCUT2D eigenvalue weighted by molar-refractivity contribution is 7.89.